The zero-order valence-electron chi connectivity index (χ0n) is 8.57. The van der Waals surface area contributed by atoms with E-state index in [0.29, 0.717) is 17.3 Å². The second kappa shape index (κ2) is 7.20. The fraction of sp³-hybridized carbons (Fsp3) is 0.167. The SMILES string of the molecule is ClCCCl.O=Cc1cccc2ncccc12. The van der Waals surface area contributed by atoms with Crippen molar-refractivity contribution in [2.24, 2.45) is 0 Å². The lowest BCUT2D eigenvalue weighted by Crippen LogP contribution is -1.83. The second-order valence-electron chi connectivity index (χ2n) is 2.91. The Bertz CT molecular complexity index is 452. The number of aromatic nitrogens is 1. The highest BCUT2D eigenvalue weighted by Crippen LogP contribution is 2.13. The van der Waals surface area contributed by atoms with Crippen molar-refractivity contribution in [1.29, 1.82) is 0 Å². The molecule has 0 aliphatic heterocycles. The molecule has 0 saturated heterocycles. The molecule has 0 radical (unpaired) electrons. The molecule has 1 aromatic carbocycles. The highest BCUT2D eigenvalue weighted by atomic mass is 35.5. The van der Waals surface area contributed by atoms with E-state index in [1.807, 2.05) is 24.3 Å². The van der Waals surface area contributed by atoms with Crippen molar-refractivity contribution >= 4 is 40.4 Å². The number of aldehydes is 1. The van der Waals surface area contributed by atoms with E-state index in [1.165, 1.54) is 0 Å². The Morgan fingerprint density at radius 3 is 2.50 bits per heavy atom. The molecular formula is C12H11Cl2NO. The first-order valence-electron chi connectivity index (χ1n) is 4.74. The van der Waals surface area contributed by atoms with Crippen LogP contribution in [0.25, 0.3) is 10.9 Å². The first-order chi connectivity index (χ1) is 7.83. The summed E-state index contributed by atoms with van der Waals surface area (Å²) in [5, 5.41) is 0.912. The minimum absolute atomic E-state index is 0.557. The summed E-state index contributed by atoms with van der Waals surface area (Å²) >= 11 is 10.1. The van der Waals surface area contributed by atoms with Crippen molar-refractivity contribution in [2.75, 3.05) is 11.8 Å². The van der Waals surface area contributed by atoms with Gasteiger partial charge in [0.05, 0.1) is 5.52 Å². The van der Waals surface area contributed by atoms with E-state index in [0.717, 1.165) is 17.2 Å². The number of hydrogen-bond acceptors (Lipinski definition) is 2. The number of alkyl halides is 2. The predicted molar refractivity (Wildman–Crippen MR) is 68.6 cm³/mol. The van der Waals surface area contributed by atoms with Gasteiger partial charge in [-0.25, -0.2) is 0 Å². The molecule has 0 spiro atoms. The van der Waals surface area contributed by atoms with Crippen molar-refractivity contribution < 1.29 is 4.79 Å². The largest absolute Gasteiger partial charge is 0.298 e. The minimum Gasteiger partial charge on any atom is -0.298 e. The van der Waals surface area contributed by atoms with Gasteiger partial charge in [0.25, 0.3) is 0 Å². The Morgan fingerprint density at radius 1 is 1.12 bits per heavy atom. The molecule has 0 aliphatic rings. The third-order valence-electron chi connectivity index (χ3n) is 1.88. The third-order valence-corrected chi connectivity index (χ3v) is 2.45. The monoisotopic (exact) mass is 255 g/mol. The molecule has 0 N–H and O–H groups in total. The van der Waals surface area contributed by atoms with Crippen LogP contribution in [0.5, 0.6) is 0 Å². The Kier molecular flexibility index (Phi) is 5.83. The number of pyridine rings is 1. The summed E-state index contributed by atoms with van der Waals surface area (Å²) in [5.74, 6) is 1.11. The summed E-state index contributed by atoms with van der Waals surface area (Å²) < 4.78 is 0. The van der Waals surface area contributed by atoms with E-state index in [4.69, 9.17) is 23.2 Å². The molecular weight excluding hydrogens is 245 g/mol. The molecule has 0 amide bonds. The molecule has 0 saturated carbocycles. The second-order valence-corrected chi connectivity index (χ2v) is 3.67. The van der Waals surface area contributed by atoms with Gasteiger partial charge in [0, 0.05) is 28.9 Å². The van der Waals surface area contributed by atoms with Gasteiger partial charge in [-0.15, -0.1) is 23.2 Å². The Labute approximate surface area is 104 Å². The van der Waals surface area contributed by atoms with Gasteiger partial charge in [0.2, 0.25) is 0 Å². The molecule has 2 aromatic rings. The average Bonchev–Trinajstić information content (AvgIpc) is 2.38. The number of rotatable bonds is 2. The summed E-state index contributed by atoms with van der Waals surface area (Å²) in [6, 6.07) is 9.24. The van der Waals surface area contributed by atoms with Crippen LogP contribution in [0.1, 0.15) is 10.4 Å². The Hall–Kier alpha value is -1.12. The van der Waals surface area contributed by atoms with Crippen molar-refractivity contribution in [3.63, 3.8) is 0 Å². The van der Waals surface area contributed by atoms with E-state index >= 15 is 0 Å². The average molecular weight is 256 g/mol. The zero-order chi connectivity index (χ0) is 11.8. The molecule has 4 heteroatoms. The number of halogens is 2. The molecule has 0 fully saturated rings. The highest BCUT2D eigenvalue weighted by Gasteiger charge is 1.97. The van der Waals surface area contributed by atoms with Crippen LogP contribution in [0, 0.1) is 0 Å². The molecule has 84 valence electrons. The van der Waals surface area contributed by atoms with Crippen molar-refractivity contribution in [3.05, 3.63) is 42.1 Å². The van der Waals surface area contributed by atoms with Crippen LogP contribution in [-0.2, 0) is 0 Å². The van der Waals surface area contributed by atoms with Gasteiger partial charge in [-0.1, -0.05) is 18.2 Å². The number of carbonyl (C=O) groups is 1. The van der Waals surface area contributed by atoms with Crippen LogP contribution in [0.3, 0.4) is 0 Å². The first-order valence-corrected chi connectivity index (χ1v) is 5.81. The van der Waals surface area contributed by atoms with Crippen molar-refractivity contribution in [1.82, 2.24) is 4.98 Å². The maximum atomic E-state index is 10.6. The smallest absolute Gasteiger partial charge is 0.150 e. The van der Waals surface area contributed by atoms with Crippen LogP contribution in [0.2, 0.25) is 0 Å². The predicted octanol–water partition coefficient (Wildman–Crippen LogP) is 3.51. The number of hydrogen-bond donors (Lipinski definition) is 0. The van der Waals surface area contributed by atoms with Crippen LogP contribution in [0.15, 0.2) is 36.5 Å². The molecule has 0 aliphatic carbocycles. The van der Waals surface area contributed by atoms with E-state index in [2.05, 4.69) is 4.98 Å². The van der Waals surface area contributed by atoms with Gasteiger partial charge in [-0.2, -0.15) is 0 Å². The summed E-state index contributed by atoms with van der Waals surface area (Å²) in [5.41, 5.74) is 1.56. The molecule has 0 bridgehead atoms. The van der Waals surface area contributed by atoms with Crippen molar-refractivity contribution in [2.45, 2.75) is 0 Å². The van der Waals surface area contributed by atoms with Crippen molar-refractivity contribution in [3.8, 4) is 0 Å². The molecule has 0 unspecified atom stereocenters. The van der Waals surface area contributed by atoms with Crippen LogP contribution < -0.4 is 0 Å². The van der Waals surface area contributed by atoms with Gasteiger partial charge in [0.15, 0.2) is 6.29 Å². The molecule has 16 heavy (non-hydrogen) atoms. The number of fused-ring (bicyclic) bond motifs is 1. The standard InChI is InChI=1S/C10H7NO.C2H4Cl2/c12-7-8-3-1-5-10-9(8)4-2-6-11-10;3-1-2-4/h1-7H;1-2H2. The van der Waals surface area contributed by atoms with Crippen LogP contribution >= 0.6 is 23.2 Å². The summed E-state index contributed by atoms with van der Waals surface area (Å²) in [4.78, 5) is 14.7. The van der Waals surface area contributed by atoms with E-state index in [9.17, 15) is 4.79 Å². The summed E-state index contributed by atoms with van der Waals surface area (Å²) in [7, 11) is 0. The quantitative estimate of drug-likeness (QED) is 0.608. The summed E-state index contributed by atoms with van der Waals surface area (Å²) in [6.07, 6.45) is 2.57. The maximum absolute atomic E-state index is 10.6. The zero-order valence-corrected chi connectivity index (χ0v) is 10.1. The lowest BCUT2D eigenvalue weighted by Gasteiger charge is -1.97. The summed E-state index contributed by atoms with van der Waals surface area (Å²) in [6.45, 7) is 0. The lowest BCUT2D eigenvalue weighted by molar-refractivity contribution is 0.112. The third kappa shape index (κ3) is 3.47. The highest BCUT2D eigenvalue weighted by molar-refractivity contribution is 6.25. The first kappa shape index (κ1) is 12.9. The Morgan fingerprint density at radius 2 is 1.88 bits per heavy atom. The number of nitrogens with zero attached hydrogens (tertiary/aromatic N) is 1. The van der Waals surface area contributed by atoms with E-state index in [-0.39, 0.29) is 0 Å². The maximum Gasteiger partial charge on any atom is 0.150 e. The van der Waals surface area contributed by atoms with Gasteiger partial charge in [-0.05, 0) is 12.1 Å². The van der Waals surface area contributed by atoms with Crippen LogP contribution in [0.4, 0.5) is 0 Å². The molecule has 1 aromatic heterocycles. The fourth-order valence-corrected chi connectivity index (χ4v) is 1.23. The van der Waals surface area contributed by atoms with Gasteiger partial charge < -0.3 is 0 Å². The molecule has 1 heterocycles. The Balaban J connectivity index is 0.000000280. The van der Waals surface area contributed by atoms with E-state index in [1.54, 1.807) is 12.3 Å². The molecule has 2 rings (SSSR count). The van der Waals surface area contributed by atoms with E-state index < -0.39 is 0 Å². The van der Waals surface area contributed by atoms with Gasteiger partial charge in [0.1, 0.15) is 0 Å². The van der Waals surface area contributed by atoms with Gasteiger partial charge in [-0.3, -0.25) is 9.78 Å². The van der Waals surface area contributed by atoms with Crippen LogP contribution in [-0.4, -0.2) is 23.0 Å². The molecule has 0 atom stereocenters. The lowest BCUT2D eigenvalue weighted by atomic mass is 10.1. The number of benzene rings is 1. The topological polar surface area (TPSA) is 30.0 Å². The minimum atomic E-state index is 0.557. The molecule has 2 nitrogen and oxygen atoms in total. The van der Waals surface area contributed by atoms with Gasteiger partial charge >= 0.3 is 0 Å². The number of carbonyl (C=O) groups excluding carboxylic acids is 1. The normalized spacial score (nSPS) is 9.38. The fourth-order valence-electron chi connectivity index (χ4n) is 1.23.